The predicted molar refractivity (Wildman–Crippen MR) is 81.0 cm³/mol. The zero-order chi connectivity index (χ0) is 14.4. The fraction of sp³-hybridized carbons (Fsp3) is 0.357. The summed E-state index contributed by atoms with van der Waals surface area (Å²) < 4.78 is 0. The Morgan fingerprint density at radius 2 is 2.30 bits per heavy atom. The molecule has 6 heteroatoms. The summed E-state index contributed by atoms with van der Waals surface area (Å²) in [7, 11) is 0. The fourth-order valence-electron chi connectivity index (χ4n) is 1.69. The third kappa shape index (κ3) is 3.77. The molecule has 2 rings (SSSR count). The molecule has 0 aliphatic carbocycles. The number of thiophene rings is 1. The second-order valence-electron chi connectivity index (χ2n) is 4.47. The second kappa shape index (κ2) is 7.00. The van der Waals surface area contributed by atoms with Gasteiger partial charge in [-0.25, -0.2) is 4.98 Å². The SMILES string of the molecule is CCCNc1cncc(C(=O)NC(C)c2ccsc2)n1. The van der Waals surface area contributed by atoms with Gasteiger partial charge in [0.2, 0.25) is 0 Å². The topological polar surface area (TPSA) is 66.9 Å². The van der Waals surface area contributed by atoms with Crippen LogP contribution >= 0.6 is 11.3 Å². The number of aromatic nitrogens is 2. The zero-order valence-electron chi connectivity index (χ0n) is 11.6. The van der Waals surface area contributed by atoms with Crippen molar-refractivity contribution in [2.24, 2.45) is 0 Å². The molecular formula is C14H18N4OS. The number of hydrogen-bond acceptors (Lipinski definition) is 5. The quantitative estimate of drug-likeness (QED) is 0.858. The Balaban J connectivity index is 2.01. The first-order chi connectivity index (χ1) is 9.70. The van der Waals surface area contributed by atoms with E-state index in [0.717, 1.165) is 18.5 Å². The van der Waals surface area contributed by atoms with Crippen molar-refractivity contribution in [3.8, 4) is 0 Å². The highest BCUT2D eigenvalue weighted by Gasteiger charge is 2.13. The smallest absolute Gasteiger partial charge is 0.272 e. The van der Waals surface area contributed by atoms with Gasteiger partial charge >= 0.3 is 0 Å². The summed E-state index contributed by atoms with van der Waals surface area (Å²) in [4.78, 5) is 20.4. The Bertz CT molecular complexity index is 556. The normalized spacial score (nSPS) is 11.9. The minimum absolute atomic E-state index is 0.0391. The largest absolute Gasteiger partial charge is 0.369 e. The van der Waals surface area contributed by atoms with Crippen LogP contribution in [0.2, 0.25) is 0 Å². The summed E-state index contributed by atoms with van der Waals surface area (Å²) in [6, 6.07) is 1.96. The third-order valence-electron chi connectivity index (χ3n) is 2.81. The van der Waals surface area contributed by atoms with Gasteiger partial charge in [0.1, 0.15) is 11.5 Å². The Kier molecular flexibility index (Phi) is 5.06. The number of rotatable bonds is 6. The predicted octanol–water partition coefficient (Wildman–Crippen LogP) is 2.85. The molecule has 0 aliphatic rings. The van der Waals surface area contributed by atoms with Crippen LogP contribution in [0, 0.1) is 0 Å². The molecule has 5 nitrogen and oxygen atoms in total. The van der Waals surface area contributed by atoms with Crippen molar-refractivity contribution in [1.29, 1.82) is 0 Å². The molecule has 1 amide bonds. The summed E-state index contributed by atoms with van der Waals surface area (Å²) in [6.45, 7) is 4.83. The molecule has 0 aliphatic heterocycles. The maximum absolute atomic E-state index is 12.1. The highest BCUT2D eigenvalue weighted by molar-refractivity contribution is 7.07. The van der Waals surface area contributed by atoms with Crippen molar-refractivity contribution < 1.29 is 4.79 Å². The molecule has 106 valence electrons. The first-order valence-corrected chi connectivity index (χ1v) is 7.54. The van der Waals surface area contributed by atoms with Gasteiger partial charge in [0.25, 0.3) is 5.91 Å². The minimum Gasteiger partial charge on any atom is -0.369 e. The first-order valence-electron chi connectivity index (χ1n) is 6.59. The molecule has 0 bridgehead atoms. The number of nitrogens with one attached hydrogen (secondary N) is 2. The summed E-state index contributed by atoms with van der Waals surface area (Å²) in [5.74, 6) is 0.416. The molecule has 2 aromatic rings. The van der Waals surface area contributed by atoms with E-state index in [-0.39, 0.29) is 11.9 Å². The first kappa shape index (κ1) is 14.5. The number of anilines is 1. The summed E-state index contributed by atoms with van der Waals surface area (Å²) in [5.41, 5.74) is 1.42. The standard InChI is InChI=1S/C14H18N4OS/c1-3-5-16-13-8-15-7-12(18-13)14(19)17-10(2)11-4-6-20-9-11/h4,6-10H,3,5H2,1-2H3,(H,16,18)(H,17,19). The van der Waals surface area contributed by atoms with Crippen LogP contribution in [0.15, 0.2) is 29.2 Å². The van der Waals surface area contributed by atoms with E-state index in [1.165, 1.54) is 6.20 Å². The van der Waals surface area contributed by atoms with E-state index in [1.54, 1.807) is 17.5 Å². The van der Waals surface area contributed by atoms with Gasteiger partial charge in [0.15, 0.2) is 0 Å². The highest BCUT2D eigenvalue weighted by Crippen LogP contribution is 2.16. The van der Waals surface area contributed by atoms with E-state index >= 15 is 0 Å². The van der Waals surface area contributed by atoms with E-state index in [4.69, 9.17) is 0 Å². The van der Waals surface area contributed by atoms with Crippen molar-refractivity contribution in [2.45, 2.75) is 26.3 Å². The fourth-order valence-corrected chi connectivity index (χ4v) is 2.44. The van der Waals surface area contributed by atoms with Crippen LogP contribution in [-0.4, -0.2) is 22.4 Å². The summed E-state index contributed by atoms with van der Waals surface area (Å²) in [6.07, 6.45) is 4.09. The summed E-state index contributed by atoms with van der Waals surface area (Å²) in [5, 5.41) is 10.1. The van der Waals surface area contributed by atoms with Gasteiger partial charge in [-0.1, -0.05) is 6.92 Å². The van der Waals surface area contributed by atoms with Crippen LogP contribution in [0.5, 0.6) is 0 Å². The lowest BCUT2D eigenvalue weighted by molar-refractivity contribution is 0.0934. The van der Waals surface area contributed by atoms with Crippen LogP contribution in [0.4, 0.5) is 5.82 Å². The molecule has 0 saturated heterocycles. The monoisotopic (exact) mass is 290 g/mol. The Labute approximate surface area is 122 Å². The van der Waals surface area contributed by atoms with Crippen molar-refractivity contribution in [3.05, 3.63) is 40.5 Å². The van der Waals surface area contributed by atoms with Crippen molar-refractivity contribution >= 4 is 23.1 Å². The number of nitrogens with zero attached hydrogens (tertiary/aromatic N) is 2. The lowest BCUT2D eigenvalue weighted by Gasteiger charge is -2.12. The number of amides is 1. The van der Waals surface area contributed by atoms with Crippen LogP contribution < -0.4 is 10.6 Å². The number of hydrogen-bond donors (Lipinski definition) is 2. The zero-order valence-corrected chi connectivity index (χ0v) is 12.4. The van der Waals surface area contributed by atoms with Crippen LogP contribution in [0.1, 0.15) is 42.4 Å². The maximum atomic E-state index is 12.1. The van der Waals surface area contributed by atoms with Crippen LogP contribution in [-0.2, 0) is 0 Å². The van der Waals surface area contributed by atoms with E-state index in [9.17, 15) is 4.79 Å². The van der Waals surface area contributed by atoms with Gasteiger partial charge in [0, 0.05) is 6.54 Å². The lowest BCUT2D eigenvalue weighted by atomic mass is 10.2. The third-order valence-corrected chi connectivity index (χ3v) is 3.52. The van der Waals surface area contributed by atoms with Crippen molar-refractivity contribution in [1.82, 2.24) is 15.3 Å². The van der Waals surface area contributed by atoms with Crippen LogP contribution in [0.3, 0.4) is 0 Å². The molecule has 2 aromatic heterocycles. The Hall–Kier alpha value is -1.95. The van der Waals surface area contributed by atoms with Gasteiger partial charge in [-0.2, -0.15) is 11.3 Å². The molecule has 0 saturated carbocycles. The Morgan fingerprint density at radius 1 is 1.45 bits per heavy atom. The van der Waals surface area contributed by atoms with E-state index in [0.29, 0.717) is 11.5 Å². The van der Waals surface area contributed by atoms with E-state index in [2.05, 4.69) is 27.5 Å². The second-order valence-corrected chi connectivity index (χ2v) is 5.25. The van der Waals surface area contributed by atoms with Gasteiger partial charge in [-0.3, -0.25) is 9.78 Å². The molecule has 20 heavy (non-hydrogen) atoms. The van der Waals surface area contributed by atoms with Gasteiger partial charge in [-0.05, 0) is 35.7 Å². The molecule has 1 atom stereocenters. The minimum atomic E-state index is -0.212. The summed E-state index contributed by atoms with van der Waals surface area (Å²) >= 11 is 1.61. The van der Waals surface area contributed by atoms with Gasteiger partial charge in [-0.15, -0.1) is 0 Å². The lowest BCUT2D eigenvalue weighted by Crippen LogP contribution is -2.27. The molecule has 0 spiro atoms. The van der Waals surface area contributed by atoms with Crippen molar-refractivity contribution in [2.75, 3.05) is 11.9 Å². The van der Waals surface area contributed by atoms with Gasteiger partial charge in [0.05, 0.1) is 18.4 Å². The molecular weight excluding hydrogens is 272 g/mol. The molecule has 2 heterocycles. The van der Waals surface area contributed by atoms with Gasteiger partial charge < -0.3 is 10.6 Å². The Morgan fingerprint density at radius 3 is 3.00 bits per heavy atom. The molecule has 0 fully saturated rings. The number of carbonyl (C=O) groups is 1. The van der Waals surface area contributed by atoms with E-state index in [1.807, 2.05) is 23.8 Å². The number of carbonyl (C=O) groups excluding carboxylic acids is 1. The average Bonchev–Trinajstić information content (AvgIpc) is 2.99. The molecule has 2 N–H and O–H groups in total. The average molecular weight is 290 g/mol. The molecule has 0 aromatic carbocycles. The van der Waals surface area contributed by atoms with Crippen molar-refractivity contribution in [3.63, 3.8) is 0 Å². The van der Waals surface area contributed by atoms with E-state index < -0.39 is 0 Å². The highest BCUT2D eigenvalue weighted by atomic mass is 32.1. The molecule has 0 radical (unpaired) electrons. The molecule has 1 unspecified atom stereocenters. The van der Waals surface area contributed by atoms with Crippen LogP contribution in [0.25, 0.3) is 0 Å². The maximum Gasteiger partial charge on any atom is 0.272 e.